The van der Waals surface area contributed by atoms with E-state index in [4.69, 9.17) is 0 Å². The quantitative estimate of drug-likeness (QED) is 0.913. The van der Waals surface area contributed by atoms with Crippen molar-refractivity contribution in [3.63, 3.8) is 0 Å². The highest BCUT2D eigenvalue weighted by Crippen LogP contribution is 2.35. The summed E-state index contributed by atoms with van der Waals surface area (Å²) in [6.07, 6.45) is 0.754. The van der Waals surface area contributed by atoms with Crippen molar-refractivity contribution in [2.24, 2.45) is 0 Å². The molecule has 1 N–H and O–H groups in total. The lowest BCUT2D eigenvalue weighted by Gasteiger charge is -2.20. The minimum Gasteiger partial charge on any atom is -0.478 e. The molecule has 102 valence electrons. The number of fused-ring (bicyclic) bond motifs is 1. The van der Waals surface area contributed by atoms with Gasteiger partial charge in [-0.2, -0.15) is 0 Å². The number of aromatic nitrogens is 1. The molecule has 0 saturated heterocycles. The second-order valence-corrected chi connectivity index (χ2v) is 4.80. The number of benzene rings is 1. The molecule has 0 saturated carbocycles. The first-order chi connectivity index (χ1) is 9.56. The van der Waals surface area contributed by atoms with Crippen LogP contribution in [0, 0.1) is 12.7 Å². The number of carboxylic acid groups (broad SMARTS) is 1. The molecular formula is C15H13FN2O2. The Morgan fingerprint density at radius 3 is 2.90 bits per heavy atom. The molecule has 0 bridgehead atoms. The van der Waals surface area contributed by atoms with Gasteiger partial charge in [0.2, 0.25) is 0 Å². The molecule has 0 amide bonds. The van der Waals surface area contributed by atoms with Crippen LogP contribution in [0.25, 0.3) is 0 Å². The smallest absolute Gasteiger partial charge is 0.339 e. The molecule has 4 nitrogen and oxygen atoms in total. The van der Waals surface area contributed by atoms with Gasteiger partial charge in [0.1, 0.15) is 17.2 Å². The Morgan fingerprint density at radius 2 is 2.15 bits per heavy atom. The number of hydrogen-bond donors (Lipinski definition) is 1. The normalized spacial score (nSPS) is 13.4. The van der Waals surface area contributed by atoms with Crippen molar-refractivity contribution in [1.82, 2.24) is 4.98 Å². The van der Waals surface area contributed by atoms with E-state index < -0.39 is 5.97 Å². The maximum Gasteiger partial charge on any atom is 0.339 e. The molecule has 0 unspecified atom stereocenters. The first-order valence-corrected chi connectivity index (χ1v) is 6.33. The fraction of sp³-hybridized carbons (Fsp3) is 0.200. The van der Waals surface area contributed by atoms with Crippen LogP contribution in [-0.2, 0) is 6.42 Å². The van der Waals surface area contributed by atoms with Crippen molar-refractivity contribution in [2.45, 2.75) is 13.3 Å². The lowest BCUT2D eigenvalue weighted by molar-refractivity contribution is 0.0697. The molecule has 1 aliphatic rings. The summed E-state index contributed by atoms with van der Waals surface area (Å²) in [7, 11) is 0. The third kappa shape index (κ3) is 2.01. The van der Waals surface area contributed by atoms with E-state index in [1.807, 2.05) is 0 Å². The molecule has 0 radical (unpaired) electrons. The number of anilines is 2. The zero-order valence-electron chi connectivity index (χ0n) is 10.9. The van der Waals surface area contributed by atoms with Gasteiger partial charge in [0, 0.05) is 17.9 Å². The third-order valence-corrected chi connectivity index (χ3v) is 3.44. The number of rotatable bonds is 2. The number of carboxylic acids is 1. The predicted octanol–water partition coefficient (Wildman–Crippen LogP) is 2.92. The maximum atomic E-state index is 13.4. The molecule has 5 heteroatoms. The third-order valence-electron chi connectivity index (χ3n) is 3.44. The van der Waals surface area contributed by atoms with E-state index in [1.165, 1.54) is 18.2 Å². The predicted molar refractivity (Wildman–Crippen MR) is 73.0 cm³/mol. The van der Waals surface area contributed by atoms with Gasteiger partial charge in [0.25, 0.3) is 0 Å². The monoisotopic (exact) mass is 272 g/mol. The molecule has 20 heavy (non-hydrogen) atoms. The molecule has 0 aliphatic carbocycles. The summed E-state index contributed by atoms with van der Waals surface area (Å²) in [5.41, 5.74) is 2.57. The van der Waals surface area contributed by atoms with E-state index in [-0.39, 0.29) is 11.4 Å². The Kier molecular flexibility index (Phi) is 2.89. The van der Waals surface area contributed by atoms with Crippen molar-refractivity contribution in [3.05, 3.63) is 53.0 Å². The molecular weight excluding hydrogens is 259 g/mol. The van der Waals surface area contributed by atoms with E-state index in [0.29, 0.717) is 18.1 Å². The largest absolute Gasteiger partial charge is 0.478 e. The van der Waals surface area contributed by atoms with Gasteiger partial charge in [-0.05, 0) is 43.2 Å². The van der Waals surface area contributed by atoms with Crippen LogP contribution < -0.4 is 4.90 Å². The van der Waals surface area contributed by atoms with Crippen LogP contribution in [0.1, 0.15) is 21.6 Å². The van der Waals surface area contributed by atoms with E-state index in [0.717, 1.165) is 17.7 Å². The van der Waals surface area contributed by atoms with Crippen LogP contribution >= 0.6 is 0 Å². The second kappa shape index (κ2) is 4.59. The summed E-state index contributed by atoms with van der Waals surface area (Å²) in [6.45, 7) is 2.41. The topological polar surface area (TPSA) is 53.4 Å². The second-order valence-electron chi connectivity index (χ2n) is 4.80. The van der Waals surface area contributed by atoms with Crippen LogP contribution in [-0.4, -0.2) is 22.6 Å². The van der Waals surface area contributed by atoms with Crippen LogP contribution in [0.4, 0.5) is 15.9 Å². The Morgan fingerprint density at radius 1 is 1.35 bits per heavy atom. The van der Waals surface area contributed by atoms with Crippen molar-refractivity contribution in [2.75, 3.05) is 11.4 Å². The molecule has 1 aromatic carbocycles. The van der Waals surface area contributed by atoms with Crippen LogP contribution in [0.2, 0.25) is 0 Å². The summed E-state index contributed by atoms with van der Waals surface area (Å²) in [5, 5.41) is 9.28. The van der Waals surface area contributed by atoms with Gasteiger partial charge >= 0.3 is 5.97 Å². The Balaban J connectivity index is 2.14. The highest BCUT2D eigenvalue weighted by molar-refractivity contribution is 5.94. The van der Waals surface area contributed by atoms with Gasteiger partial charge < -0.3 is 10.0 Å². The SMILES string of the molecule is Cc1ccc(C(=O)O)c(N2CCc3ccc(F)cc32)n1. The summed E-state index contributed by atoms with van der Waals surface area (Å²) in [4.78, 5) is 17.4. The van der Waals surface area contributed by atoms with Gasteiger partial charge in [0.05, 0.1) is 0 Å². The number of halogens is 1. The molecule has 3 rings (SSSR count). The van der Waals surface area contributed by atoms with Crippen LogP contribution in [0.15, 0.2) is 30.3 Å². The number of pyridine rings is 1. The first-order valence-electron chi connectivity index (χ1n) is 6.33. The van der Waals surface area contributed by atoms with Crippen molar-refractivity contribution >= 4 is 17.5 Å². The highest BCUT2D eigenvalue weighted by atomic mass is 19.1. The summed E-state index contributed by atoms with van der Waals surface area (Å²) < 4.78 is 13.4. The fourth-order valence-electron chi connectivity index (χ4n) is 2.49. The standard InChI is InChI=1S/C15H13FN2O2/c1-9-2-5-12(15(19)20)14(17-9)18-7-6-10-3-4-11(16)8-13(10)18/h2-5,8H,6-7H2,1H3,(H,19,20). The molecule has 0 fully saturated rings. The van der Waals surface area contributed by atoms with Crippen molar-refractivity contribution in [3.8, 4) is 0 Å². The number of nitrogens with zero attached hydrogens (tertiary/aromatic N) is 2. The molecule has 0 atom stereocenters. The molecule has 2 aromatic rings. The summed E-state index contributed by atoms with van der Waals surface area (Å²) in [6, 6.07) is 7.79. The number of aryl methyl sites for hydroxylation is 1. The summed E-state index contributed by atoms with van der Waals surface area (Å²) in [5.74, 6) is -0.987. The minimum atomic E-state index is -1.03. The van der Waals surface area contributed by atoms with Gasteiger partial charge in [-0.1, -0.05) is 6.07 Å². The minimum absolute atomic E-state index is 0.132. The van der Waals surface area contributed by atoms with Gasteiger partial charge in [0.15, 0.2) is 0 Å². The van der Waals surface area contributed by atoms with Crippen molar-refractivity contribution in [1.29, 1.82) is 0 Å². The fourth-order valence-corrected chi connectivity index (χ4v) is 2.49. The van der Waals surface area contributed by atoms with Gasteiger partial charge in [-0.15, -0.1) is 0 Å². The van der Waals surface area contributed by atoms with Crippen LogP contribution in [0.5, 0.6) is 0 Å². The molecule has 0 spiro atoms. The summed E-state index contributed by atoms with van der Waals surface area (Å²) >= 11 is 0. The van der Waals surface area contributed by atoms with Crippen molar-refractivity contribution < 1.29 is 14.3 Å². The van der Waals surface area contributed by atoms with Gasteiger partial charge in [-0.3, -0.25) is 0 Å². The number of carbonyl (C=O) groups is 1. The number of hydrogen-bond acceptors (Lipinski definition) is 3. The van der Waals surface area contributed by atoms with E-state index in [9.17, 15) is 14.3 Å². The Hall–Kier alpha value is -2.43. The van der Waals surface area contributed by atoms with E-state index in [2.05, 4.69) is 4.98 Å². The Labute approximate surface area is 115 Å². The van der Waals surface area contributed by atoms with Gasteiger partial charge in [-0.25, -0.2) is 14.2 Å². The average molecular weight is 272 g/mol. The highest BCUT2D eigenvalue weighted by Gasteiger charge is 2.26. The average Bonchev–Trinajstić information content (AvgIpc) is 2.81. The molecule has 1 aromatic heterocycles. The molecule has 1 aliphatic heterocycles. The zero-order valence-corrected chi connectivity index (χ0v) is 10.9. The number of aromatic carboxylic acids is 1. The van der Waals surface area contributed by atoms with E-state index >= 15 is 0 Å². The lowest BCUT2D eigenvalue weighted by atomic mass is 10.1. The van der Waals surface area contributed by atoms with E-state index in [1.54, 1.807) is 24.0 Å². The molecule has 2 heterocycles. The van der Waals surface area contributed by atoms with Crippen LogP contribution in [0.3, 0.4) is 0 Å². The first kappa shape index (κ1) is 12.6. The Bertz CT molecular complexity index is 700. The maximum absolute atomic E-state index is 13.4. The lowest BCUT2D eigenvalue weighted by Crippen LogP contribution is -2.19. The zero-order chi connectivity index (χ0) is 14.3.